The number of thiophene rings is 2. The monoisotopic (exact) mass is 381 g/mol. The van der Waals surface area contributed by atoms with Crippen molar-refractivity contribution < 1.29 is 4.74 Å². The molecule has 1 atom stereocenters. The quantitative estimate of drug-likeness (QED) is 0.861. The molecule has 0 radical (unpaired) electrons. The summed E-state index contributed by atoms with van der Waals surface area (Å²) in [5, 5.41) is 13.8. The molecule has 0 bridgehead atoms. The number of nitrogens with zero attached hydrogens (tertiary/aromatic N) is 2. The third kappa shape index (κ3) is 2.99. The summed E-state index contributed by atoms with van der Waals surface area (Å²) >= 11 is 3.36. The van der Waals surface area contributed by atoms with Crippen LogP contribution >= 0.6 is 22.7 Å². The number of nitriles is 1. The van der Waals surface area contributed by atoms with E-state index in [4.69, 9.17) is 10.5 Å². The zero-order valence-corrected chi connectivity index (χ0v) is 16.1. The Kier molecular flexibility index (Phi) is 4.68. The Labute approximate surface area is 161 Å². The average Bonchev–Trinajstić information content (AvgIpc) is 3.34. The lowest BCUT2D eigenvalue weighted by molar-refractivity contribution is 0.239. The van der Waals surface area contributed by atoms with E-state index in [-0.39, 0.29) is 11.8 Å². The van der Waals surface area contributed by atoms with Crippen LogP contribution < -0.4 is 5.73 Å². The predicted octanol–water partition coefficient (Wildman–Crippen LogP) is 4.29. The maximum absolute atomic E-state index is 9.70. The van der Waals surface area contributed by atoms with Gasteiger partial charge in [-0.15, -0.1) is 22.7 Å². The van der Waals surface area contributed by atoms with Crippen molar-refractivity contribution in [3.8, 4) is 6.07 Å². The molecule has 0 fully saturated rings. The van der Waals surface area contributed by atoms with Gasteiger partial charge in [0.1, 0.15) is 17.4 Å². The van der Waals surface area contributed by atoms with Gasteiger partial charge in [-0.2, -0.15) is 5.26 Å². The van der Waals surface area contributed by atoms with Gasteiger partial charge in [0.15, 0.2) is 0 Å². The Balaban J connectivity index is 1.87. The van der Waals surface area contributed by atoms with Crippen LogP contribution in [0.3, 0.4) is 0 Å². The molecule has 6 heteroatoms. The van der Waals surface area contributed by atoms with E-state index in [0.29, 0.717) is 5.57 Å². The number of allylic oxidation sites excluding steroid dienone is 1. The number of ether oxygens (including phenoxy) is 1. The molecule has 1 unspecified atom stereocenters. The van der Waals surface area contributed by atoms with Crippen molar-refractivity contribution in [1.29, 1.82) is 5.26 Å². The lowest BCUT2D eigenvalue weighted by Gasteiger charge is -2.37. The number of hydrogen-bond donors (Lipinski definition) is 1. The van der Waals surface area contributed by atoms with Gasteiger partial charge < -0.3 is 10.5 Å². The molecule has 26 heavy (non-hydrogen) atoms. The molecule has 0 aromatic carbocycles. The zero-order valence-electron chi connectivity index (χ0n) is 14.4. The van der Waals surface area contributed by atoms with Gasteiger partial charge >= 0.3 is 0 Å². The predicted molar refractivity (Wildman–Crippen MR) is 106 cm³/mol. The average molecular weight is 382 g/mol. The van der Waals surface area contributed by atoms with Crippen molar-refractivity contribution >= 4 is 28.7 Å². The highest BCUT2D eigenvalue weighted by atomic mass is 32.1. The Morgan fingerprint density at radius 2 is 2.12 bits per heavy atom. The van der Waals surface area contributed by atoms with E-state index in [9.17, 15) is 5.26 Å². The maximum atomic E-state index is 9.70. The van der Waals surface area contributed by atoms with E-state index >= 15 is 0 Å². The number of nitrogens with two attached hydrogens (primary N) is 1. The lowest BCUT2D eigenvalue weighted by Crippen LogP contribution is -2.37. The summed E-state index contributed by atoms with van der Waals surface area (Å²) in [6, 6.07) is 10.5. The van der Waals surface area contributed by atoms with Crippen molar-refractivity contribution in [3.05, 3.63) is 73.1 Å². The molecule has 0 amide bonds. The SMILES string of the molecule is CCN1CC(=Cc2cccs2)C2=C(C1)C(c1cccs1)C(C#N)=C(N)O2. The van der Waals surface area contributed by atoms with Crippen LogP contribution in [0, 0.1) is 11.3 Å². The molecule has 2 N–H and O–H groups in total. The van der Waals surface area contributed by atoms with Gasteiger partial charge in [-0.05, 0) is 35.5 Å². The van der Waals surface area contributed by atoms with Crippen molar-refractivity contribution in [2.75, 3.05) is 19.6 Å². The summed E-state index contributed by atoms with van der Waals surface area (Å²) in [7, 11) is 0. The van der Waals surface area contributed by atoms with Crippen molar-refractivity contribution in [2.45, 2.75) is 12.8 Å². The molecular weight excluding hydrogens is 362 g/mol. The number of hydrogen-bond acceptors (Lipinski definition) is 6. The Bertz CT molecular complexity index is 930. The van der Waals surface area contributed by atoms with Crippen LogP contribution in [-0.2, 0) is 4.74 Å². The molecule has 0 aliphatic carbocycles. The summed E-state index contributed by atoms with van der Waals surface area (Å²) in [4.78, 5) is 4.70. The third-order valence-electron chi connectivity index (χ3n) is 4.74. The van der Waals surface area contributed by atoms with Crippen molar-refractivity contribution in [1.82, 2.24) is 4.90 Å². The molecule has 4 rings (SSSR count). The second kappa shape index (κ2) is 7.12. The van der Waals surface area contributed by atoms with E-state index in [1.165, 1.54) is 4.88 Å². The maximum Gasteiger partial charge on any atom is 0.205 e. The molecule has 4 heterocycles. The molecular formula is C20H19N3OS2. The Morgan fingerprint density at radius 3 is 2.77 bits per heavy atom. The first-order chi connectivity index (χ1) is 12.7. The molecule has 4 nitrogen and oxygen atoms in total. The van der Waals surface area contributed by atoms with Gasteiger partial charge in [0, 0.05) is 34.0 Å². The summed E-state index contributed by atoms with van der Waals surface area (Å²) in [6.07, 6.45) is 2.18. The molecule has 0 saturated carbocycles. The first-order valence-corrected chi connectivity index (χ1v) is 10.3. The third-order valence-corrected chi connectivity index (χ3v) is 6.50. The molecule has 132 valence electrons. The fraction of sp³-hybridized carbons (Fsp3) is 0.250. The minimum atomic E-state index is -0.121. The smallest absolute Gasteiger partial charge is 0.205 e. The topological polar surface area (TPSA) is 62.3 Å². The molecule has 2 aliphatic rings. The first-order valence-electron chi connectivity index (χ1n) is 8.52. The van der Waals surface area contributed by atoms with E-state index in [0.717, 1.165) is 41.4 Å². The van der Waals surface area contributed by atoms with E-state index in [1.807, 2.05) is 17.5 Å². The Morgan fingerprint density at radius 1 is 1.31 bits per heavy atom. The van der Waals surface area contributed by atoms with Gasteiger partial charge in [-0.3, -0.25) is 4.90 Å². The zero-order chi connectivity index (χ0) is 18.1. The van der Waals surface area contributed by atoms with Gasteiger partial charge in [-0.25, -0.2) is 0 Å². The lowest BCUT2D eigenvalue weighted by atomic mass is 9.84. The highest BCUT2D eigenvalue weighted by Gasteiger charge is 2.37. The highest BCUT2D eigenvalue weighted by Crippen LogP contribution is 2.44. The largest absolute Gasteiger partial charge is 0.440 e. The normalized spacial score (nSPS) is 22.3. The van der Waals surface area contributed by atoms with E-state index in [1.54, 1.807) is 22.7 Å². The molecule has 2 aromatic heterocycles. The van der Waals surface area contributed by atoms with E-state index < -0.39 is 0 Å². The van der Waals surface area contributed by atoms with Gasteiger partial charge in [-0.1, -0.05) is 19.1 Å². The molecule has 2 aromatic rings. The van der Waals surface area contributed by atoms with Crippen LogP contribution in [0.2, 0.25) is 0 Å². The summed E-state index contributed by atoms with van der Waals surface area (Å²) in [5.74, 6) is 0.953. The molecule has 0 saturated heterocycles. The van der Waals surface area contributed by atoms with Crippen LogP contribution in [0.4, 0.5) is 0 Å². The van der Waals surface area contributed by atoms with Gasteiger partial charge in [0.05, 0.1) is 5.92 Å². The van der Waals surface area contributed by atoms with Crippen molar-refractivity contribution in [2.24, 2.45) is 5.73 Å². The van der Waals surface area contributed by atoms with Gasteiger partial charge in [0.25, 0.3) is 0 Å². The van der Waals surface area contributed by atoms with Crippen LogP contribution in [0.5, 0.6) is 0 Å². The summed E-state index contributed by atoms with van der Waals surface area (Å²) < 4.78 is 6.01. The number of rotatable bonds is 3. The highest BCUT2D eigenvalue weighted by molar-refractivity contribution is 7.10. The van der Waals surface area contributed by atoms with Crippen molar-refractivity contribution in [3.63, 3.8) is 0 Å². The standard InChI is InChI=1S/C20H19N3OS2/c1-2-23-11-13(9-14-5-3-7-25-14)19-16(12-23)18(17-6-4-8-26-17)15(10-21)20(22)24-19/h3-9,18H,2,11-12,22H2,1H3. The Hall–Kier alpha value is -2.33. The second-order valence-electron chi connectivity index (χ2n) is 6.28. The van der Waals surface area contributed by atoms with Crippen LogP contribution in [-0.4, -0.2) is 24.5 Å². The van der Waals surface area contributed by atoms with Crippen LogP contribution in [0.25, 0.3) is 6.08 Å². The number of likely N-dealkylation sites (N-methyl/N-ethyl adjacent to an activating group) is 1. The van der Waals surface area contributed by atoms with Gasteiger partial charge in [0.2, 0.25) is 5.88 Å². The second-order valence-corrected chi connectivity index (χ2v) is 8.24. The fourth-order valence-corrected chi connectivity index (χ4v) is 5.04. The minimum Gasteiger partial charge on any atom is -0.440 e. The first kappa shape index (κ1) is 17.1. The fourth-order valence-electron chi connectivity index (χ4n) is 3.49. The summed E-state index contributed by atoms with van der Waals surface area (Å²) in [5.41, 5.74) is 8.93. The molecule has 0 spiro atoms. The van der Waals surface area contributed by atoms with E-state index in [2.05, 4.69) is 41.5 Å². The molecule has 2 aliphatic heterocycles. The van der Waals surface area contributed by atoms with Crippen LogP contribution in [0.1, 0.15) is 22.6 Å². The van der Waals surface area contributed by atoms with Crippen LogP contribution in [0.15, 0.2) is 63.4 Å². The summed E-state index contributed by atoms with van der Waals surface area (Å²) in [6.45, 7) is 4.71. The minimum absolute atomic E-state index is 0.121.